The number of benzene rings is 2. The van der Waals surface area contributed by atoms with E-state index in [-0.39, 0.29) is 6.03 Å². The van der Waals surface area contributed by atoms with E-state index < -0.39 is 0 Å². The number of carbonyl (C=O) groups is 1. The molecule has 5 rings (SSSR count). The van der Waals surface area contributed by atoms with E-state index >= 15 is 0 Å². The van der Waals surface area contributed by atoms with Crippen LogP contribution in [0.5, 0.6) is 0 Å². The van der Waals surface area contributed by atoms with Gasteiger partial charge in [-0.3, -0.25) is 9.47 Å². The molecule has 1 aliphatic heterocycles. The van der Waals surface area contributed by atoms with Crippen LogP contribution in [0.2, 0.25) is 5.15 Å². The fourth-order valence-electron chi connectivity index (χ4n) is 4.63. The van der Waals surface area contributed by atoms with E-state index in [0.29, 0.717) is 17.3 Å². The van der Waals surface area contributed by atoms with Gasteiger partial charge in [-0.25, -0.2) is 9.78 Å². The fraction of sp³-hybridized carbons (Fsp3) is 0.179. The summed E-state index contributed by atoms with van der Waals surface area (Å²) in [6.07, 6.45) is 6.63. The lowest BCUT2D eigenvalue weighted by atomic mass is 10.0. The SMILES string of the molecule is N#Cc1ccc(C=CCN2CCc3c(c4c(Br)cccc4n3C(=O)NCc3ccnc(Cl)c3)C2)cc1. The number of carbonyl (C=O) groups excluding carboxylic acids is 1. The van der Waals surface area contributed by atoms with E-state index in [9.17, 15) is 4.79 Å². The van der Waals surface area contributed by atoms with E-state index in [2.05, 4.69) is 49.4 Å². The number of nitrogens with one attached hydrogen (secondary N) is 1. The van der Waals surface area contributed by atoms with E-state index in [4.69, 9.17) is 16.9 Å². The summed E-state index contributed by atoms with van der Waals surface area (Å²) in [5.74, 6) is 0. The number of amides is 1. The highest BCUT2D eigenvalue weighted by molar-refractivity contribution is 9.10. The second-order valence-corrected chi connectivity index (χ2v) is 9.90. The molecule has 8 heteroatoms. The predicted molar refractivity (Wildman–Crippen MR) is 146 cm³/mol. The summed E-state index contributed by atoms with van der Waals surface area (Å²) in [5.41, 5.74) is 5.75. The van der Waals surface area contributed by atoms with Crippen molar-refractivity contribution in [3.05, 3.63) is 104 Å². The van der Waals surface area contributed by atoms with Crippen molar-refractivity contribution in [2.45, 2.75) is 19.5 Å². The molecule has 3 heterocycles. The number of rotatable bonds is 5. The third-order valence-electron chi connectivity index (χ3n) is 6.35. The van der Waals surface area contributed by atoms with Crippen LogP contribution in [-0.2, 0) is 19.5 Å². The zero-order valence-corrected chi connectivity index (χ0v) is 21.8. The third-order valence-corrected chi connectivity index (χ3v) is 7.22. The highest BCUT2D eigenvalue weighted by Gasteiger charge is 2.27. The van der Waals surface area contributed by atoms with Crippen molar-refractivity contribution < 1.29 is 4.79 Å². The number of halogens is 2. The number of hydrogen-bond donors (Lipinski definition) is 1. The van der Waals surface area contributed by atoms with Gasteiger partial charge in [0.2, 0.25) is 0 Å². The fourth-order valence-corrected chi connectivity index (χ4v) is 5.42. The summed E-state index contributed by atoms with van der Waals surface area (Å²) in [5, 5.41) is 13.5. The number of pyridine rings is 1. The lowest BCUT2D eigenvalue weighted by molar-refractivity contribution is 0.240. The average molecular weight is 561 g/mol. The number of nitriles is 1. The smallest absolute Gasteiger partial charge is 0.326 e. The molecule has 0 atom stereocenters. The van der Waals surface area contributed by atoms with Gasteiger partial charge < -0.3 is 5.32 Å². The molecule has 0 spiro atoms. The van der Waals surface area contributed by atoms with Crippen LogP contribution in [0.25, 0.3) is 17.0 Å². The van der Waals surface area contributed by atoms with Gasteiger partial charge in [0.25, 0.3) is 0 Å². The molecular weight excluding hydrogens is 538 g/mol. The van der Waals surface area contributed by atoms with Crippen LogP contribution >= 0.6 is 27.5 Å². The third kappa shape index (κ3) is 5.07. The average Bonchev–Trinajstić information content (AvgIpc) is 3.22. The topological polar surface area (TPSA) is 74.0 Å². The zero-order chi connectivity index (χ0) is 25.1. The first-order chi connectivity index (χ1) is 17.5. The van der Waals surface area contributed by atoms with Gasteiger partial charge >= 0.3 is 6.03 Å². The molecule has 180 valence electrons. The van der Waals surface area contributed by atoms with Gasteiger partial charge in [0.05, 0.1) is 17.1 Å². The minimum absolute atomic E-state index is 0.151. The molecule has 6 nitrogen and oxygen atoms in total. The first-order valence-corrected chi connectivity index (χ1v) is 12.8. The van der Waals surface area contributed by atoms with E-state index in [1.165, 1.54) is 5.56 Å². The predicted octanol–water partition coefficient (Wildman–Crippen LogP) is 6.15. The van der Waals surface area contributed by atoms with Crippen molar-refractivity contribution in [2.75, 3.05) is 13.1 Å². The minimum Gasteiger partial charge on any atom is -0.333 e. The van der Waals surface area contributed by atoms with Crippen LogP contribution in [0.4, 0.5) is 4.79 Å². The lowest BCUT2D eigenvalue weighted by Crippen LogP contribution is -2.34. The monoisotopic (exact) mass is 559 g/mol. The van der Waals surface area contributed by atoms with Gasteiger partial charge in [-0.1, -0.05) is 57.9 Å². The van der Waals surface area contributed by atoms with Crippen molar-refractivity contribution in [1.29, 1.82) is 5.26 Å². The van der Waals surface area contributed by atoms with Crippen molar-refractivity contribution in [3.63, 3.8) is 0 Å². The molecule has 2 aromatic carbocycles. The Balaban J connectivity index is 1.36. The Kier molecular flexibility index (Phi) is 7.19. The highest BCUT2D eigenvalue weighted by atomic mass is 79.9. The van der Waals surface area contributed by atoms with Crippen LogP contribution in [0, 0.1) is 11.3 Å². The maximum Gasteiger partial charge on any atom is 0.326 e. The molecule has 0 fully saturated rings. The van der Waals surface area contributed by atoms with Gasteiger partial charge in [0, 0.05) is 54.3 Å². The second-order valence-electron chi connectivity index (χ2n) is 8.66. The molecular formula is C28H23BrClN5O. The van der Waals surface area contributed by atoms with Gasteiger partial charge in [-0.05, 0) is 53.1 Å². The Morgan fingerprint density at radius 2 is 2.06 bits per heavy atom. The number of nitrogens with zero attached hydrogens (tertiary/aromatic N) is 4. The standard InChI is InChI=1S/C28H23BrClN5O/c29-23-4-1-5-25-27(23)22-18-34(13-2-3-19-6-8-20(16-31)9-7-19)14-11-24(22)35(25)28(36)33-17-21-10-12-32-26(30)15-21/h1-10,12,15H,11,13-14,17-18H2,(H,33,36). The van der Waals surface area contributed by atoms with Crippen molar-refractivity contribution >= 4 is 50.5 Å². The lowest BCUT2D eigenvalue weighted by Gasteiger charge is -2.27. The van der Waals surface area contributed by atoms with E-state index in [1.54, 1.807) is 12.3 Å². The second kappa shape index (κ2) is 10.7. The van der Waals surface area contributed by atoms with Crippen molar-refractivity contribution in [3.8, 4) is 6.07 Å². The van der Waals surface area contributed by atoms with Crippen LogP contribution in [0.1, 0.15) is 27.9 Å². The van der Waals surface area contributed by atoms with E-state index in [1.807, 2.05) is 53.1 Å². The Morgan fingerprint density at radius 3 is 2.83 bits per heavy atom. The van der Waals surface area contributed by atoms with Crippen LogP contribution < -0.4 is 5.32 Å². The number of aromatic nitrogens is 2. The van der Waals surface area contributed by atoms with Crippen LogP contribution in [-0.4, -0.2) is 33.6 Å². The molecule has 0 radical (unpaired) electrons. The Morgan fingerprint density at radius 1 is 1.22 bits per heavy atom. The molecule has 0 saturated heterocycles. The molecule has 2 aromatic heterocycles. The molecule has 0 unspecified atom stereocenters. The zero-order valence-electron chi connectivity index (χ0n) is 19.4. The maximum atomic E-state index is 13.4. The number of hydrogen-bond acceptors (Lipinski definition) is 4. The quantitative estimate of drug-likeness (QED) is 0.297. The van der Waals surface area contributed by atoms with Gasteiger partial charge in [-0.2, -0.15) is 5.26 Å². The van der Waals surface area contributed by atoms with E-state index in [0.717, 1.165) is 58.3 Å². The van der Waals surface area contributed by atoms with Crippen LogP contribution in [0.15, 0.2) is 71.3 Å². The van der Waals surface area contributed by atoms with Crippen molar-refractivity contribution in [1.82, 2.24) is 19.8 Å². The van der Waals surface area contributed by atoms with Gasteiger partial charge in [0.1, 0.15) is 5.15 Å². The normalized spacial score (nSPS) is 13.6. The molecule has 1 amide bonds. The van der Waals surface area contributed by atoms with Gasteiger partial charge in [0.15, 0.2) is 0 Å². The molecule has 36 heavy (non-hydrogen) atoms. The largest absolute Gasteiger partial charge is 0.333 e. The highest BCUT2D eigenvalue weighted by Crippen LogP contribution is 2.35. The Labute approximate surface area is 222 Å². The minimum atomic E-state index is -0.151. The summed E-state index contributed by atoms with van der Waals surface area (Å²) in [4.78, 5) is 19.7. The molecule has 4 aromatic rings. The summed E-state index contributed by atoms with van der Waals surface area (Å²) in [6, 6.07) is 19.1. The molecule has 0 saturated carbocycles. The maximum absolute atomic E-state index is 13.4. The molecule has 0 bridgehead atoms. The number of fused-ring (bicyclic) bond motifs is 3. The van der Waals surface area contributed by atoms with Crippen LogP contribution in [0.3, 0.4) is 0 Å². The first kappa shape index (κ1) is 24.3. The molecule has 1 aliphatic rings. The summed E-state index contributed by atoms with van der Waals surface area (Å²) >= 11 is 9.71. The Bertz CT molecular complexity index is 1500. The summed E-state index contributed by atoms with van der Waals surface area (Å²) in [6.45, 7) is 2.78. The molecule has 0 aliphatic carbocycles. The molecule has 1 N–H and O–H groups in total. The first-order valence-electron chi connectivity index (χ1n) is 11.6. The van der Waals surface area contributed by atoms with Crippen molar-refractivity contribution in [2.24, 2.45) is 0 Å². The Hall–Kier alpha value is -3.44. The van der Waals surface area contributed by atoms with Gasteiger partial charge in [-0.15, -0.1) is 0 Å². The summed E-state index contributed by atoms with van der Waals surface area (Å²) in [7, 11) is 0. The summed E-state index contributed by atoms with van der Waals surface area (Å²) < 4.78 is 2.81.